The average Bonchev–Trinajstić information content (AvgIpc) is 2.93. The first-order valence-electron chi connectivity index (χ1n) is 7.01. The molecule has 1 aromatic heterocycles. The second-order valence-electron chi connectivity index (χ2n) is 4.34. The molecule has 0 unspecified atom stereocenters. The van der Waals surface area contributed by atoms with Gasteiger partial charge in [-0.1, -0.05) is 6.07 Å². The minimum Gasteiger partial charge on any atom is -0.370 e. The zero-order chi connectivity index (χ0) is 14.8. The summed E-state index contributed by atoms with van der Waals surface area (Å²) in [5, 5.41) is 5.04. The van der Waals surface area contributed by atoms with Crippen molar-refractivity contribution in [2.75, 3.05) is 26.2 Å². The van der Waals surface area contributed by atoms with Crippen molar-refractivity contribution in [1.82, 2.24) is 10.2 Å². The van der Waals surface area contributed by atoms with Crippen LogP contribution in [0.1, 0.15) is 25.1 Å². The molecule has 0 aromatic carbocycles. The number of amides is 1. The second kappa shape index (κ2) is 9.36. The van der Waals surface area contributed by atoms with Crippen LogP contribution in [0.3, 0.4) is 0 Å². The highest BCUT2D eigenvalue weighted by atomic mass is 32.1. The maximum absolute atomic E-state index is 11.8. The van der Waals surface area contributed by atoms with Crippen LogP contribution < -0.4 is 11.1 Å². The van der Waals surface area contributed by atoms with Gasteiger partial charge in [-0.25, -0.2) is 0 Å². The van der Waals surface area contributed by atoms with Crippen LogP contribution in [0.25, 0.3) is 0 Å². The molecule has 5 nitrogen and oxygen atoms in total. The van der Waals surface area contributed by atoms with E-state index in [1.54, 1.807) is 11.3 Å². The Morgan fingerprint density at radius 1 is 1.45 bits per heavy atom. The number of nitrogens with two attached hydrogens (primary N) is 1. The molecule has 0 aliphatic heterocycles. The fourth-order valence-electron chi connectivity index (χ4n) is 1.83. The number of aliphatic imine (C=N–C) groups is 1. The lowest BCUT2D eigenvalue weighted by Crippen LogP contribution is -2.37. The van der Waals surface area contributed by atoms with Gasteiger partial charge in [0.15, 0.2) is 5.96 Å². The predicted molar refractivity (Wildman–Crippen MR) is 85.1 cm³/mol. The minimum absolute atomic E-state index is 0.147. The Morgan fingerprint density at radius 3 is 2.80 bits per heavy atom. The van der Waals surface area contributed by atoms with E-state index in [1.165, 1.54) is 4.88 Å². The smallest absolute Gasteiger partial charge is 0.224 e. The molecular weight excluding hydrogens is 272 g/mol. The summed E-state index contributed by atoms with van der Waals surface area (Å²) in [6.07, 6.45) is 1.35. The van der Waals surface area contributed by atoms with Crippen molar-refractivity contribution in [2.45, 2.75) is 26.7 Å². The van der Waals surface area contributed by atoms with Crippen LogP contribution in [-0.4, -0.2) is 42.9 Å². The molecule has 1 amide bonds. The van der Waals surface area contributed by atoms with E-state index in [1.807, 2.05) is 24.8 Å². The van der Waals surface area contributed by atoms with Crippen molar-refractivity contribution in [1.29, 1.82) is 0 Å². The molecular formula is C14H24N4OS. The van der Waals surface area contributed by atoms with Gasteiger partial charge in [0.25, 0.3) is 0 Å². The topological polar surface area (TPSA) is 70.7 Å². The van der Waals surface area contributed by atoms with E-state index in [4.69, 9.17) is 5.73 Å². The number of carbonyl (C=O) groups excluding carboxylic acids is 1. The van der Waals surface area contributed by atoms with Gasteiger partial charge in [0.2, 0.25) is 5.91 Å². The van der Waals surface area contributed by atoms with Crippen LogP contribution in [-0.2, 0) is 11.2 Å². The average molecular weight is 296 g/mol. The van der Waals surface area contributed by atoms with Gasteiger partial charge in [-0.15, -0.1) is 11.3 Å². The zero-order valence-corrected chi connectivity index (χ0v) is 13.1. The Balaban J connectivity index is 2.18. The molecule has 0 radical (unpaired) electrons. The third-order valence-electron chi connectivity index (χ3n) is 2.98. The monoisotopic (exact) mass is 296 g/mol. The van der Waals surface area contributed by atoms with E-state index in [0.29, 0.717) is 25.5 Å². The van der Waals surface area contributed by atoms with E-state index in [2.05, 4.69) is 21.8 Å². The highest BCUT2D eigenvalue weighted by molar-refractivity contribution is 7.09. The first-order chi connectivity index (χ1) is 9.67. The van der Waals surface area contributed by atoms with Crippen molar-refractivity contribution in [3.8, 4) is 0 Å². The number of hydrogen-bond acceptors (Lipinski definition) is 3. The largest absolute Gasteiger partial charge is 0.370 e. The van der Waals surface area contributed by atoms with Crippen molar-refractivity contribution >= 4 is 23.2 Å². The molecule has 1 heterocycles. The van der Waals surface area contributed by atoms with E-state index in [-0.39, 0.29) is 5.91 Å². The van der Waals surface area contributed by atoms with Crippen LogP contribution in [0, 0.1) is 0 Å². The maximum atomic E-state index is 11.8. The molecule has 0 bridgehead atoms. The number of rotatable bonds is 8. The van der Waals surface area contributed by atoms with Crippen molar-refractivity contribution < 1.29 is 4.79 Å². The van der Waals surface area contributed by atoms with Gasteiger partial charge in [-0.3, -0.25) is 9.79 Å². The van der Waals surface area contributed by atoms with E-state index < -0.39 is 0 Å². The predicted octanol–water partition coefficient (Wildman–Crippen LogP) is 1.45. The molecule has 1 aromatic rings. The Bertz CT molecular complexity index is 413. The van der Waals surface area contributed by atoms with Crippen LogP contribution in [0.4, 0.5) is 0 Å². The van der Waals surface area contributed by atoms with Crippen LogP contribution in [0.5, 0.6) is 0 Å². The number of nitrogens with zero attached hydrogens (tertiary/aromatic N) is 2. The quantitative estimate of drug-likeness (QED) is 0.563. The molecule has 0 aliphatic carbocycles. The van der Waals surface area contributed by atoms with E-state index in [9.17, 15) is 4.79 Å². The van der Waals surface area contributed by atoms with Crippen molar-refractivity contribution in [3.05, 3.63) is 22.4 Å². The summed E-state index contributed by atoms with van der Waals surface area (Å²) in [5.41, 5.74) is 5.76. The summed E-state index contributed by atoms with van der Waals surface area (Å²) in [4.78, 5) is 19.1. The van der Waals surface area contributed by atoms with Gasteiger partial charge >= 0.3 is 0 Å². The zero-order valence-electron chi connectivity index (χ0n) is 12.3. The summed E-state index contributed by atoms with van der Waals surface area (Å²) in [7, 11) is 0. The molecule has 0 spiro atoms. The first kappa shape index (κ1) is 16.5. The summed E-state index contributed by atoms with van der Waals surface area (Å²) in [6, 6.07) is 4.12. The third-order valence-corrected chi connectivity index (χ3v) is 3.92. The Hall–Kier alpha value is -1.56. The van der Waals surface area contributed by atoms with Gasteiger partial charge in [-0.2, -0.15) is 0 Å². The summed E-state index contributed by atoms with van der Waals surface area (Å²) in [6.45, 7) is 6.66. The molecule has 20 heavy (non-hydrogen) atoms. The van der Waals surface area contributed by atoms with E-state index >= 15 is 0 Å². The second-order valence-corrected chi connectivity index (χ2v) is 5.37. The molecule has 6 heteroatoms. The van der Waals surface area contributed by atoms with Gasteiger partial charge in [0, 0.05) is 43.9 Å². The molecule has 0 fully saturated rings. The fraction of sp³-hybridized carbons (Fsp3) is 0.571. The number of guanidine groups is 1. The number of carbonyl (C=O) groups is 1. The molecule has 0 saturated carbocycles. The number of nitrogens with one attached hydrogen (secondary N) is 1. The van der Waals surface area contributed by atoms with E-state index in [0.717, 1.165) is 19.5 Å². The molecule has 0 atom stereocenters. The SMILES string of the molecule is CCN(CC)C(=O)CCNC(N)=NCCc1cccs1. The molecule has 112 valence electrons. The van der Waals surface area contributed by atoms with Gasteiger partial charge in [0.1, 0.15) is 0 Å². The summed E-state index contributed by atoms with van der Waals surface area (Å²) < 4.78 is 0. The van der Waals surface area contributed by atoms with Crippen LogP contribution in [0.15, 0.2) is 22.5 Å². The fourth-order valence-corrected chi connectivity index (χ4v) is 2.53. The minimum atomic E-state index is 0.147. The molecule has 3 N–H and O–H groups in total. The maximum Gasteiger partial charge on any atom is 0.224 e. The first-order valence-corrected chi connectivity index (χ1v) is 7.89. The lowest BCUT2D eigenvalue weighted by molar-refractivity contribution is -0.130. The lowest BCUT2D eigenvalue weighted by Gasteiger charge is -2.18. The normalized spacial score (nSPS) is 11.4. The Morgan fingerprint density at radius 2 is 2.20 bits per heavy atom. The molecule has 1 rings (SSSR count). The van der Waals surface area contributed by atoms with Crippen molar-refractivity contribution in [3.63, 3.8) is 0 Å². The van der Waals surface area contributed by atoms with Crippen molar-refractivity contribution in [2.24, 2.45) is 10.7 Å². The molecule has 0 aliphatic rings. The highest BCUT2D eigenvalue weighted by Gasteiger charge is 2.08. The third kappa shape index (κ3) is 6.06. The number of hydrogen-bond donors (Lipinski definition) is 2. The standard InChI is InChI=1S/C14H24N4OS/c1-3-18(4-2)13(19)8-10-17-14(15)16-9-7-12-6-5-11-20-12/h5-6,11H,3-4,7-10H2,1-2H3,(H3,15,16,17). The lowest BCUT2D eigenvalue weighted by atomic mass is 10.3. The Labute approximate surface area is 124 Å². The summed E-state index contributed by atoms with van der Waals surface area (Å²) in [5.74, 6) is 0.558. The van der Waals surface area contributed by atoms with Gasteiger partial charge < -0.3 is 16.0 Å². The Kier molecular flexibility index (Phi) is 7.72. The van der Waals surface area contributed by atoms with Crippen LogP contribution in [0.2, 0.25) is 0 Å². The summed E-state index contributed by atoms with van der Waals surface area (Å²) >= 11 is 1.72. The highest BCUT2D eigenvalue weighted by Crippen LogP contribution is 2.08. The van der Waals surface area contributed by atoms with Gasteiger partial charge in [0.05, 0.1) is 0 Å². The van der Waals surface area contributed by atoms with Gasteiger partial charge in [-0.05, 0) is 25.3 Å². The number of thiophene rings is 1. The molecule has 0 saturated heterocycles. The van der Waals surface area contributed by atoms with Crippen LogP contribution >= 0.6 is 11.3 Å².